The number of hydrogen-bond donors (Lipinski definition) is 1. The summed E-state index contributed by atoms with van der Waals surface area (Å²) in [6, 6.07) is 14.5. The van der Waals surface area contributed by atoms with E-state index in [9.17, 15) is 4.79 Å². The number of benzene rings is 2. The van der Waals surface area contributed by atoms with Gasteiger partial charge in [-0.3, -0.25) is 4.79 Å². The van der Waals surface area contributed by atoms with Crippen LogP contribution in [0.5, 0.6) is 0 Å². The number of likely N-dealkylation sites (N-methyl/N-ethyl adjacent to an activating group) is 1. The Bertz CT molecular complexity index is 1090. The van der Waals surface area contributed by atoms with Gasteiger partial charge in [-0.05, 0) is 86.0 Å². The predicted molar refractivity (Wildman–Crippen MR) is 129 cm³/mol. The van der Waals surface area contributed by atoms with E-state index in [1.807, 2.05) is 18.2 Å². The third kappa shape index (κ3) is 3.94. The Labute approximate surface area is 182 Å². The lowest BCUT2D eigenvalue weighted by Gasteiger charge is -2.40. The molecule has 1 N–H and O–H groups in total. The summed E-state index contributed by atoms with van der Waals surface area (Å²) in [4.78, 5) is 20.0. The van der Waals surface area contributed by atoms with Gasteiger partial charge in [-0.25, -0.2) is 4.99 Å². The van der Waals surface area contributed by atoms with Crippen molar-refractivity contribution in [1.29, 1.82) is 0 Å². The van der Waals surface area contributed by atoms with E-state index in [2.05, 4.69) is 86.4 Å². The molecule has 1 fully saturated rings. The van der Waals surface area contributed by atoms with Crippen LogP contribution in [0.25, 0.3) is 11.6 Å². The number of rotatable bonds is 3. The van der Waals surface area contributed by atoms with Crippen molar-refractivity contribution in [3.8, 4) is 0 Å². The number of carbonyl (C=O) groups is 1. The number of carbonyl (C=O) groups excluding carboxylic acids is 1. The van der Waals surface area contributed by atoms with Gasteiger partial charge in [0.1, 0.15) is 0 Å². The van der Waals surface area contributed by atoms with E-state index in [0.717, 1.165) is 17.7 Å². The minimum atomic E-state index is -0.104. The SMILES string of the molecule is CCc1ccc(N=C2NC(=O)/C(=C/c3ccc4c(c3)C(C)=CC(C)(C)N4C)S2)cc1. The molecule has 5 heteroatoms. The van der Waals surface area contributed by atoms with E-state index < -0.39 is 0 Å². The Morgan fingerprint density at radius 1 is 1.17 bits per heavy atom. The van der Waals surface area contributed by atoms with Crippen LogP contribution in [-0.4, -0.2) is 23.7 Å². The van der Waals surface area contributed by atoms with Crippen LogP contribution in [0.15, 0.2) is 58.4 Å². The number of fused-ring (bicyclic) bond motifs is 1. The van der Waals surface area contributed by atoms with Gasteiger partial charge in [0.2, 0.25) is 0 Å². The first-order valence-corrected chi connectivity index (χ1v) is 11.0. The Morgan fingerprint density at radius 2 is 1.90 bits per heavy atom. The first kappa shape index (κ1) is 20.5. The fourth-order valence-corrected chi connectivity index (χ4v) is 4.66. The summed E-state index contributed by atoms with van der Waals surface area (Å²) < 4.78 is 0. The first-order valence-electron chi connectivity index (χ1n) is 10.2. The number of aliphatic imine (C=N–C) groups is 1. The van der Waals surface area contributed by atoms with Crippen molar-refractivity contribution in [2.75, 3.05) is 11.9 Å². The van der Waals surface area contributed by atoms with E-state index in [-0.39, 0.29) is 11.4 Å². The van der Waals surface area contributed by atoms with Gasteiger partial charge in [-0.15, -0.1) is 0 Å². The molecule has 2 aromatic carbocycles. The number of thioether (sulfide) groups is 1. The van der Waals surface area contributed by atoms with Gasteiger partial charge in [-0.2, -0.15) is 0 Å². The number of hydrogen-bond acceptors (Lipinski definition) is 4. The minimum Gasteiger partial charge on any atom is -0.366 e. The van der Waals surface area contributed by atoms with Crippen molar-refractivity contribution in [2.45, 2.75) is 39.7 Å². The van der Waals surface area contributed by atoms with Crippen molar-refractivity contribution in [2.24, 2.45) is 4.99 Å². The molecule has 0 spiro atoms. The zero-order valence-electron chi connectivity index (χ0n) is 18.1. The van der Waals surface area contributed by atoms with Crippen molar-refractivity contribution < 1.29 is 4.79 Å². The second kappa shape index (κ2) is 7.80. The van der Waals surface area contributed by atoms with Crippen LogP contribution in [0.4, 0.5) is 11.4 Å². The van der Waals surface area contributed by atoms with Crippen LogP contribution in [0.3, 0.4) is 0 Å². The molecule has 0 aromatic heterocycles. The van der Waals surface area contributed by atoms with Gasteiger partial charge in [0.05, 0.1) is 16.1 Å². The zero-order chi connectivity index (χ0) is 21.5. The molecule has 2 aromatic rings. The highest BCUT2D eigenvalue weighted by atomic mass is 32.2. The monoisotopic (exact) mass is 417 g/mol. The van der Waals surface area contributed by atoms with E-state index in [0.29, 0.717) is 10.1 Å². The van der Waals surface area contributed by atoms with E-state index in [1.54, 1.807) is 0 Å². The summed E-state index contributed by atoms with van der Waals surface area (Å²) in [5, 5.41) is 3.49. The van der Waals surface area contributed by atoms with Crippen LogP contribution in [0.1, 0.15) is 44.4 Å². The Kier molecular flexibility index (Phi) is 5.33. The third-order valence-electron chi connectivity index (χ3n) is 5.76. The summed E-state index contributed by atoms with van der Waals surface area (Å²) in [5.74, 6) is -0.104. The number of anilines is 1. The molecular formula is C25H27N3OS. The molecule has 0 atom stereocenters. The van der Waals surface area contributed by atoms with Crippen LogP contribution >= 0.6 is 11.8 Å². The highest BCUT2D eigenvalue weighted by Gasteiger charge is 2.29. The molecular weight excluding hydrogens is 390 g/mol. The Balaban J connectivity index is 1.59. The Hall–Kier alpha value is -2.79. The van der Waals surface area contributed by atoms with Crippen molar-refractivity contribution in [3.63, 3.8) is 0 Å². The number of allylic oxidation sites excluding steroid dienone is 1. The molecule has 4 nitrogen and oxygen atoms in total. The molecule has 2 aliphatic rings. The smallest absolute Gasteiger partial charge is 0.264 e. The predicted octanol–water partition coefficient (Wildman–Crippen LogP) is 5.77. The van der Waals surface area contributed by atoms with Crippen LogP contribution in [-0.2, 0) is 11.2 Å². The standard InChI is InChI=1S/C25H27N3OS/c1-6-17-7-10-19(11-8-17)26-24-27-23(29)22(30-24)14-18-9-12-21-20(13-18)16(2)15-25(3,4)28(21)5/h7-15H,6H2,1-5H3,(H,26,27,29)/b22-14-. The molecule has 0 unspecified atom stereocenters. The quantitative estimate of drug-likeness (QED) is 0.645. The minimum absolute atomic E-state index is 0.0149. The van der Waals surface area contributed by atoms with Crippen molar-refractivity contribution in [3.05, 3.63) is 70.1 Å². The van der Waals surface area contributed by atoms with Crippen molar-refractivity contribution >= 4 is 45.9 Å². The van der Waals surface area contributed by atoms with Gasteiger partial charge in [0, 0.05) is 18.3 Å². The van der Waals surface area contributed by atoms with Gasteiger partial charge in [-0.1, -0.05) is 31.2 Å². The maximum absolute atomic E-state index is 12.5. The van der Waals surface area contributed by atoms with E-state index >= 15 is 0 Å². The molecule has 0 aliphatic carbocycles. The number of amidine groups is 1. The molecule has 30 heavy (non-hydrogen) atoms. The molecule has 2 heterocycles. The van der Waals surface area contributed by atoms with Gasteiger partial charge >= 0.3 is 0 Å². The molecule has 154 valence electrons. The fourth-order valence-electron chi connectivity index (χ4n) is 3.82. The average molecular weight is 418 g/mol. The summed E-state index contributed by atoms with van der Waals surface area (Å²) >= 11 is 1.38. The number of aryl methyl sites for hydroxylation is 1. The molecule has 2 aliphatic heterocycles. The molecule has 0 bridgehead atoms. The second-order valence-electron chi connectivity index (χ2n) is 8.32. The maximum Gasteiger partial charge on any atom is 0.264 e. The number of nitrogens with one attached hydrogen (secondary N) is 1. The molecule has 1 saturated heterocycles. The zero-order valence-corrected chi connectivity index (χ0v) is 18.9. The molecule has 1 amide bonds. The van der Waals surface area contributed by atoms with E-state index in [1.165, 1.54) is 34.1 Å². The first-order chi connectivity index (χ1) is 14.3. The largest absolute Gasteiger partial charge is 0.366 e. The van der Waals surface area contributed by atoms with Crippen LogP contribution in [0.2, 0.25) is 0 Å². The van der Waals surface area contributed by atoms with Crippen LogP contribution in [0, 0.1) is 0 Å². The maximum atomic E-state index is 12.5. The Morgan fingerprint density at radius 3 is 2.60 bits per heavy atom. The molecule has 0 saturated carbocycles. The van der Waals surface area contributed by atoms with Gasteiger partial charge in [0.15, 0.2) is 5.17 Å². The third-order valence-corrected chi connectivity index (χ3v) is 6.67. The molecule has 0 radical (unpaired) electrons. The number of nitrogens with zero attached hydrogens (tertiary/aromatic N) is 2. The van der Waals surface area contributed by atoms with Gasteiger partial charge in [0.25, 0.3) is 5.91 Å². The fraction of sp³-hybridized carbons (Fsp3) is 0.280. The van der Waals surface area contributed by atoms with E-state index in [4.69, 9.17) is 0 Å². The topological polar surface area (TPSA) is 44.7 Å². The lowest BCUT2D eigenvalue weighted by molar-refractivity contribution is -0.115. The lowest BCUT2D eigenvalue weighted by atomic mass is 9.88. The second-order valence-corrected chi connectivity index (χ2v) is 9.35. The highest BCUT2D eigenvalue weighted by molar-refractivity contribution is 8.18. The van der Waals surface area contributed by atoms with Crippen molar-refractivity contribution in [1.82, 2.24) is 5.32 Å². The summed E-state index contributed by atoms with van der Waals surface area (Å²) in [6.07, 6.45) is 5.23. The normalized spacial score (nSPS) is 20.4. The summed E-state index contributed by atoms with van der Waals surface area (Å²) in [7, 11) is 2.12. The molecule has 4 rings (SSSR count). The highest BCUT2D eigenvalue weighted by Crippen LogP contribution is 2.39. The summed E-state index contributed by atoms with van der Waals surface area (Å²) in [5.41, 5.74) is 6.79. The lowest BCUT2D eigenvalue weighted by Crippen LogP contribution is -2.42. The van der Waals surface area contributed by atoms with Gasteiger partial charge < -0.3 is 10.2 Å². The average Bonchev–Trinajstić information content (AvgIpc) is 3.05. The van der Waals surface area contributed by atoms with Crippen LogP contribution < -0.4 is 10.2 Å². The number of amides is 1. The summed E-state index contributed by atoms with van der Waals surface area (Å²) in [6.45, 7) is 8.70.